The highest BCUT2D eigenvalue weighted by atomic mass is 16.5. The fourth-order valence-corrected chi connectivity index (χ4v) is 0.726. The first kappa shape index (κ1) is 6.14. The van der Waals surface area contributed by atoms with Gasteiger partial charge in [-0.25, -0.2) is 0 Å². The molecular weight excluding hydrogens is 112 g/mol. The molecule has 0 spiro atoms. The summed E-state index contributed by atoms with van der Waals surface area (Å²) in [4.78, 5) is 0. The molecule has 0 amide bonds. The van der Waals surface area contributed by atoms with E-state index in [2.05, 4.69) is 6.07 Å². The number of para-hydroxylation sites is 1. The van der Waals surface area contributed by atoms with E-state index >= 15 is 0 Å². The van der Waals surface area contributed by atoms with Gasteiger partial charge in [-0.1, -0.05) is 18.2 Å². The van der Waals surface area contributed by atoms with Gasteiger partial charge in [0.1, 0.15) is 5.75 Å². The van der Waals surface area contributed by atoms with Gasteiger partial charge in [0.25, 0.3) is 0 Å². The van der Waals surface area contributed by atoms with E-state index < -0.39 is 0 Å². The van der Waals surface area contributed by atoms with Crippen molar-refractivity contribution >= 4 is 0 Å². The van der Waals surface area contributed by atoms with Gasteiger partial charge in [0.05, 0.1) is 7.11 Å². The van der Waals surface area contributed by atoms with Crippen LogP contribution >= 0.6 is 0 Å². The van der Waals surface area contributed by atoms with Crippen molar-refractivity contribution in [3.8, 4) is 5.75 Å². The van der Waals surface area contributed by atoms with Crippen LogP contribution < -0.4 is 4.74 Å². The molecule has 0 saturated heterocycles. The van der Waals surface area contributed by atoms with Crippen LogP contribution in [-0.2, 0) is 0 Å². The first-order valence-corrected chi connectivity index (χ1v) is 2.86. The second kappa shape index (κ2) is 2.53. The van der Waals surface area contributed by atoms with Gasteiger partial charge < -0.3 is 4.74 Å². The van der Waals surface area contributed by atoms with Gasteiger partial charge in [-0.15, -0.1) is 0 Å². The molecule has 0 aliphatic carbocycles. The molecule has 1 nitrogen and oxygen atoms in total. The average Bonchev–Trinajstić information content (AvgIpc) is 1.89. The highest BCUT2D eigenvalue weighted by Gasteiger charge is 1.91. The minimum absolute atomic E-state index is 0.831. The zero-order valence-corrected chi connectivity index (χ0v) is 5.64. The van der Waals surface area contributed by atoms with Crippen molar-refractivity contribution in [2.75, 3.05) is 7.11 Å². The van der Waals surface area contributed by atoms with Crippen LogP contribution in [0.15, 0.2) is 18.2 Å². The number of aryl methyl sites for hydroxylation is 1. The SMILES string of the molecule is COc1[c]cccc1C. The second-order valence-electron chi connectivity index (χ2n) is 1.89. The van der Waals surface area contributed by atoms with E-state index in [1.165, 1.54) is 0 Å². The Hall–Kier alpha value is -0.980. The molecule has 9 heavy (non-hydrogen) atoms. The lowest BCUT2D eigenvalue weighted by Crippen LogP contribution is -1.84. The molecule has 0 bridgehead atoms. The molecule has 1 radical (unpaired) electrons. The highest BCUT2D eigenvalue weighted by Crippen LogP contribution is 2.13. The van der Waals surface area contributed by atoms with Crippen molar-refractivity contribution in [2.24, 2.45) is 0 Å². The molecule has 0 N–H and O–H groups in total. The number of methoxy groups -OCH3 is 1. The summed E-state index contributed by atoms with van der Waals surface area (Å²) in [6.45, 7) is 2.00. The van der Waals surface area contributed by atoms with E-state index in [4.69, 9.17) is 4.74 Å². The predicted molar refractivity (Wildman–Crippen MR) is 36.6 cm³/mol. The molecular formula is C8H9O. The molecule has 0 aliphatic rings. The van der Waals surface area contributed by atoms with Crippen molar-refractivity contribution in [3.05, 3.63) is 29.8 Å². The Labute approximate surface area is 55.3 Å². The van der Waals surface area contributed by atoms with Gasteiger partial charge in [-0.3, -0.25) is 0 Å². The van der Waals surface area contributed by atoms with Crippen LogP contribution in [0.2, 0.25) is 0 Å². The van der Waals surface area contributed by atoms with Gasteiger partial charge in [-0.05, 0) is 12.5 Å². The number of benzene rings is 1. The minimum atomic E-state index is 0.831. The molecule has 0 aliphatic heterocycles. The van der Waals surface area contributed by atoms with Crippen LogP contribution in [0.3, 0.4) is 0 Å². The van der Waals surface area contributed by atoms with Gasteiger partial charge in [0, 0.05) is 6.07 Å². The molecule has 0 saturated carbocycles. The number of rotatable bonds is 1. The molecule has 0 atom stereocenters. The summed E-state index contributed by atoms with van der Waals surface area (Å²) in [5.41, 5.74) is 1.12. The fraction of sp³-hybridized carbons (Fsp3) is 0.250. The Bertz CT molecular complexity index is 194. The van der Waals surface area contributed by atoms with E-state index in [0.29, 0.717) is 0 Å². The first-order valence-electron chi connectivity index (χ1n) is 2.86. The maximum atomic E-state index is 4.99. The molecule has 0 heterocycles. The second-order valence-corrected chi connectivity index (χ2v) is 1.89. The third kappa shape index (κ3) is 1.22. The summed E-state index contributed by atoms with van der Waals surface area (Å²) in [6.07, 6.45) is 0. The highest BCUT2D eigenvalue weighted by molar-refractivity contribution is 5.30. The normalized spacial score (nSPS) is 9.11. The van der Waals surface area contributed by atoms with Crippen LogP contribution in [0.1, 0.15) is 5.56 Å². The third-order valence-electron chi connectivity index (χ3n) is 1.22. The molecule has 0 fully saturated rings. The summed E-state index contributed by atoms with van der Waals surface area (Å²) in [5, 5.41) is 0. The molecule has 1 rings (SSSR count). The van der Waals surface area contributed by atoms with Crippen molar-refractivity contribution < 1.29 is 4.74 Å². The van der Waals surface area contributed by atoms with E-state index in [-0.39, 0.29) is 0 Å². The van der Waals surface area contributed by atoms with Crippen molar-refractivity contribution in [1.29, 1.82) is 0 Å². The monoisotopic (exact) mass is 121 g/mol. The summed E-state index contributed by atoms with van der Waals surface area (Å²) < 4.78 is 4.99. The Morgan fingerprint density at radius 3 is 2.78 bits per heavy atom. The number of hydrogen-bond acceptors (Lipinski definition) is 1. The maximum Gasteiger partial charge on any atom is 0.129 e. The van der Waals surface area contributed by atoms with Crippen molar-refractivity contribution in [1.82, 2.24) is 0 Å². The number of hydrogen-bond donors (Lipinski definition) is 0. The van der Waals surface area contributed by atoms with Gasteiger partial charge >= 0.3 is 0 Å². The Balaban J connectivity index is 3.01. The lowest BCUT2D eigenvalue weighted by atomic mass is 10.2. The summed E-state index contributed by atoms with van der Waals surface area (Å²) in [5.74, 6) is 0.831. The van der Waals surface area contributed by atoms with Crippen LogP contribution in [0.5, 0.6) is 5.75 Å². The van der Waals surface area contributed by atoms with Gasteiger partial charge in [0.15, 0.2) is 0 Å². The summed E-state index contributed by atoms with van der Waals surface area (Å²) >= 11 is 0. The molecule has 0 unspecified atom stereocenters. The molecule has 1 aromatic carbocycles. The maximum absolute atomic E-state index is 4.99. The van der Waals surface area contributed by atoms with Crippen LogP contribution in [0, 0.1) is 13.0 Å². The number of ether oxygens (including phenoxy) is 1. The fourth-order valence-electron chi connectivity index (χ4n) is 0.726. The predicted octanol–water partition coefficient (Wildman–Crippen LogP) is 1.80. The van der Waals surface area contributed by atoms with Crippen LogP contribution in [0.4, 0.5) is 0 Å². The first-order chi connectivity index (χ1) is 4.34. The van der Waals surface area contributed by atoms with E-state index in [0.717, 1.165) is 11.3 Å². The third-order valence-corrected chi connectivity index (χ3v) is 1.22. The lowest BCUT2D eigenvalue weighted by molar-refractivity contribution is 0.411. The standard InChI is InChI=1S/C8H9O/c1-7-5-3-4-6-8(7)9-2/h3-5H,1-2H3. The zero-order valence-electron chi connectivity index (χ0n) is 5.64. The summed E-state index contributed by atoms with van der Waals surface area (Å²) in [7, 11) is 1.65. The zero-order chi connectivity index (χ0) is 6.69. The molecule has 1 aromatic rings. The largest absolute Gasteiger partial charge is 0.496 e. The Morgan fingerprint density at radius 1 is 1.56 bits per heavy atom. The van der Waals surface area contributed by atoms with Crippen LogP contribution in [0.25, 0.3) is 0 Å². The van der Waals surface area contributed by atoms with E-state index in [1.807, 2.05) is 25.1 Å². The van der Waals surface area contributed by atoms with Crippen molar-refractivity contribution in [3.63, 3.8) is 0 Å². The smallest absolute Gasteiger partial charge is 0.129 e. The molecule has 0 aromatic heterocycles. The van der Waals surface area contributed by atoms with Gasteiger partial charge in [-0.2, -0.15) is 0 Å². The Kier molecular flexibility index (Phi) is 1.73. The van der Waals surface area contributed by atoms with E-state index in [9.17, 15) is 0 Å². The van der Waals surface area contributed by atoms with Gasteiger partial charge in [0.2, 0.25) is 0 Å². The molecule has 47 valence electrons. The molecule has 1 heteroatoms. The topological polar surface area (TPSA) is 9.23 Å². The Morgan fingerprint density at radius 2 is 2.33 bits per heavy atom. The quantitative estimate of drug-likeness (QED) is 0.550. The van der Waals surface area contributed by atoms with Crippen LogP contribution in [-0.4, -0.2) is 7.11 Å². The lowest BCUT2D eigenvalue weighted by Gasteiger charge is -2.00. The van der Waals surface area contributed by atoms with E-state index in [1.54, 1.807) is 7.11 Å². The van der Waals surface area contributed by atoms with Crippen molar-refractivity contribution in [2.45, 2.75) is 6.92 Å². The summed E-state index contributed by atoms with van der Waals surface area (Å²) in [6, 6.07) is 8.74. The minimum Gasteiger partial charge on any atom is -0.496 e. The average molecular weight is 121 g/mol.